The number of carbonyl (C=O) groups excluding carboxylic acids is 2. The largest absolute Gasteiger partial charge is 0.378 e. The Balaban J connectivity index is 1.74. The topological polar surface area (TPSA) is 118 Å². The number of rotatable bonds is 6. The van der Waals surface area contributed by atoms with Crippen LogP contribution in [0.4, 0.5) is 0 Å². The molecule has 2 amide bonds. The van der Waals surface area contributed by atoms with Crippen LogP contribution < -0.4 is 11.1 Å². The summed E-state index contributed by atoms with van der Waals surface area (Å²) in [7, 11) is 0. The Morgan fingerprint density at radius 2 is 1.69 bits per heavy atom. The molecule has 1 aromatic heterocycles. The van der Waals surface area contributed by atoms with Gasteiger partial charge in [0, 0.05) is 12.6 Å². The van der Waals surface area contributed by atoms with Crippen molar-refractivity contribution in [3.63, 3.8) is 0 Å². The van der Waals surface area contributed by atoms with E-state index in [1.54, 1.807) is 30.3 Å². The summed E-state index contributed by atoms with van der Waals surface area (Å²) in [5, 5.41) is 12.6. The second kappa shape index (κ2) is 7.71. The van der Waals surface area contributed by atoms with Gasteiger partial charge in [-0.1, -0.05) is 42.5 Å². The fraction of sp³-hybridized carbons (Fsp3) is 0.158. The Morgan fingerprint density at radius 1 is 1.04 bits per heavy atom. The lowest BCUT2D eigenvalue weighted by Gasteiger charge is -2.18. The fourth-order valence-corrected chi connectivity index (χ4v) is 2.56. The van der Waals surface area contributed by atoms with E-state index in [2.05, 4.69) is 15.3 Å². The number of aromatic nitrogens is 2. The van der Waals surface area contributed by atoms with Gasteiger partial charge in [-0.2, -0.15) is 0 Å². The van der Waals surface area contributed by atoms with Crippen LogP contribution in [0.3, 0.4) is 0 Å². The molecule has 0 aliphatic carbocycles. The van der Waals surface area contributed by atoms with Crippen molar-refractivity contribution in [1.29, 1.82) is 0 Å². The number of nitrogens with one attached hydrogen (secondary N) is 1. The summed E-state index contributed by atoms with van der Waals surface area (Å²) in [5.41, 5.74) is 7.76. The molecule has 26 heavy (non-hydrogen) atoms. The third-order valence-electron chi connectivity index (χ3n) is 3.94. The molecule has 0 unspecified atom stereocenters. The number of primary amides is 1. The number of carbonyl (C=O) groups is 2. The average molecular weight is 350 g/mol. The van der Waals surface area contributed by atoms with Crippen LogP contribution in [0, 0.1) is 0 Å². The summed E-state index contributed by atoms with van der Waals surface area (Å²) in [6.07, 6.45) is 0.235. The number of amides is 2. The summed E-state index contributed by atoms with van der Waals surface area (Å²) in [6, 6.07) is 14.8. The number of nitrogens with zero attached hydrogens (tertiary/aromatic N) is 2. The van der Waals surface area contributed by atoms with Crippen molar-refractivity contribution >= 4 is 22.8 Å². The minimum atomic E-state index is -1.39. The van der Waals surface area contributed by atoms with Crippen molar-refractivity contribution < 1.29 is 14.7 Å². The van der Waals surface area contributed by atoms with Gasteiger partial charge in [-0.3, -0.25) is 14.6 Å². The monoisotopic (exact) mass is 350 g/mol. The number of aliphatic hydroxyl groups excluding tert-OH is 1. The third kappa shape index (κ3) is 4.01. The number of para-hydroxylation sites is 2. The second-order valence-corrected chi connectivity index (χ2v) is 5.83. The summed E-state index contributed by atoms with van der Waals surface area (Å²) in [5.74, 6) is -1.41. The zero-order valence-electron chi connectivity index (χ0n) is 13.9. The van der Waals surface area contributed by atoms with Crippen molar-refractivity contribution in [3.05, 3.63) is 72.1 Å². The molecule has 3 aromatic rings. The van der Waals surface area contributed by atoms with Crippen LogP contribution in [0.15, 0.2) is 60.8 Å². The SMILES string of the molecule is NC(=O)[C@@H](Cc1cnc2ccccc2n1)NC(=O)[C@@H](O)c1ccccc1. The predicted octanol–water partition coefficient (Wildman–Crippen LogP) is 0.876. The van der Waals surface area contributed by atoms with Crippen LogP contribution in [0.25, 0.3) is 11.0 Å². The van der Waals surface area contributed by atoms with E-state index in [9.17, 15) is 14.7 Å². The van der Waals surface area contributed by atoms with Gasteiger partial charge in [0.05, 0.1) is 16.7 Å². The maximum atomic E-state index is 12.3. The van der Waals surface area contributed by atoms with Crippen molar-refractivity contribution in [1.82, 2.24) is 15.3 Å². The van der Waals surface area contributed by atoms with Gasteiger partial charge < -0.3 is 16.2 Å². The minimum absolute atomic E-state index is 0.0837. The number of benzene rings is 2. The molecule has 7 heteroatoms. The van der Waals surface area contributed by atoms with E-state index >= 15 is 0 Å². The highest BCUT2D eigenvalue weighted by Crippen LogP contribution is 2.13. The van der Waals surface area contributed by atoms with Crippen molar-refractivity contribution in [2.75, 3.05) is 0 Å². The Kier molecular flexibility index (Phi) is 5.19. The fourth-order valence-electron chi connectivity index (χ4n) is 2.56. The summed E-state index contributed by atoms with van der Waals surface area (Å²) in [6.45, 7) is 0. The van der Waals surface area contributed by atoms with Gasteiger partial charge >= 0.3 is 0 Å². The van der Waals surface area contributed by atoms with E-state index < -0.39 is 24.0 Å². The molecular weight excluding hydrogens is 332 g/mol. The lowest BCUT2D eigenvalue weighted by molar-refractivity contribution is -0.133. The number of fused-ring (bicyclic) bond motifs is 1. The van der Waals surface area contributed by atoms with Crippen LogP contribution in [0.2, 0.25) is 0 Å². The van der Waals surface area contributed by atoms with Gasteiger partial charge in [-0.15, -0.1) is 0 Å². The van der Waals surface area contributed by atoms with Crippen LogP contribution >= 0.6 is 0 Å². The number of nitrogens with two attached hydrogens (primary N) is 1. The Labute approximate surface area is 149 Å². The molecule has 7 nitrogen and oxygen atoms in total. The first kappa shape index (κ1) is 17.5. The molecule has 0 saturated carbocycles. The Hall–Kier alpha value is -3.32. The van der Waals surface area contributed by atoms with Crippen LogP contribution in [-0.4, -0.2) is 32.9 Å². The molecule has 0 fully saturated rings. The lowest BCUT2D eigenvalue weighted by atomic mass is 10.1. The van der Waals surface area contributed by atoms with Gasteiger partial charge in [0.15, 0.2) is 6.10 Å². The van der Waals surface area contributed by atoms with Gasteiger partial charge in [0.2, 0.25) is 5.91 Å². The van der Waals surface area contributed by atoms with Crippen molar-refractivity contribution in [2.45, 2.75) is 18.6 Å². The third-order valence-corrected chi connectivity index (χ3v) is 3.94. The molecule has 0 aliphatic heterocycles. The van der Waals surface area contributed by atoms with Crippen molar-refractivity contribution in [2.24, 2.45) is 5.73 Å². The highest BCUT2D eigenvalue weighted by Gasteiger charge is 2.24. The molecule has 3 rings (SSSR count). The highest BCUT2D eigenvalue weighted by atomic mass is 16.3. The van der Waals surface area contributed by atoms with Crippen LogP contribution in [0.1, 0.15) is 17.4 Å². The Bertz CT molecular complexity index is 930. The van der Waals surface area contributed by atoms with E-state index in [-0.39, 0.29) is 6.42 Å². The summed E-state index contributed by atoms with van der Waals surface area (Å²) >= 11 is 0. The lowest BCUT2D eigenvalue weighted by Crippen LogP contribution is -2.47. The average Bonchev–Trinajstić information content (AvgIpc) is 2.67. The smallest absolute Gasteiger partial charge is 0.254 e. The van der Waals surface area contributed by atoms with E-state index in [0.29, 0.717) is 16.8 Å². The van der Waals surface area contributed by atoms with Crippen molar-refractivity contribution in [3.8, 4) is 0 Å². The molecule has 0 bridgehead atoms. The molecule has 0 spiro atoms. The molecule has 2 aromatic carbocycles. The molecule has 0 aliphatic rings. The molecular formula is C19H18N4O3. The van der Waals surface area contributed by atoms with Gasteiger partial charge in [-0.25, -0.2) is 4.98 Å². The van der Waals surface area contributed by atoms with E-state index in [1.165, 1.54) is 6.20 Å². The molecule has 4 N–H and O–H groups in total. The quantitative estimate of drug-likeness (QED) is 0.610. The molecule has 132 valence electrons. The predicted molar refractivity (Wildman–Crippen MR) is 95.8 cm³/mol. The first-order valence-electron chi connectivity index (χ1n) is 8.08. The zero-order valence-corrected chi connectivity index (χ0v) is 13.9. The van der Waals surface area contributed by atoms with Gasteiger partial charge in [0.1, 0.15) is 6.04 Å². The highest BCUT2D eigenvalue weighted by molar-refractivity contribution is 5.89. The minimum Gasteiger partial charge on any atom is -0.378 e. The Morgan fingerprint density at radius 3 is 2.38 bits per heavy atom. The normalized spacial score (nSPS) is 13.1. The van der Waals surface area contributed by atoms with Crippen LogP contribution in [-0.2, 0) is 16.0 Å². The number of hydrogen-bond donors (Lipinski definition) is 3. The zero-order chi connectivity index (χ0) is 18.5. The molecule has 2 atom stereocenters. The molecule has 0 saturated heterocycles. The first-order chi connectivity index (χ1) is 12.5. The maximum absolute atomic E-state index is 12.3. The second-order valence-electron chi connectivity index (χ2n) is 5.83. The standard InChI is InChI=1S/C19H18N4O3/c20-18(25)16(23-19(26)17(24)12-6-2-1-3-7-12)10-13-11-21-14-8-4-5-9-15(14)22-13/h1-9,11,16-17,24H,10H2,(H2,20,25)(H,23,26)/t16-,17+/m1/s1. The molecule has 0 radical (unpaired) electrons. The van der Waals surface area contributed by atoms with E-state index in [0.717, 1.165) is 5.52 Å². The van der Waals surface area contributed by atoms with Crippen LogP contribution in [0.5, 0.6) is 0 Å². The summed E-state index contributed by atoms with van der Waals surface area (Å²) in [4.78, 5) is 32.7. The van der Waals surface area contributed by atoms with Gasteiger partial charge in [-0.05, 0) is 17.7 Å². The van der Waals surface area contributed by atoms with E-state index in [4.69, 9.17) is 5.73 Å². The maximum Gasteiger partial charge on any atom is 0.254 e. The summed E-state index contributed by atoms with van der Waals surface area (Å²) < 4.78 is 0. The van der Waals surface area contributed by atoms with E-state index in [1.807, 2.05) is 24.3 Å². The number of aliphatic hydroxyl groups is 1. The molecule has 1 heterocycles. The first-order valence-corrected chi connectivity index (χ1v) is 8.08. The van der Waals surface area contributed by atoms with Gasteiger partial charge in [0.25, 0.3) is 5.91 Å². The number of hydrogen-bond acceptors (Lipinski definition) is 5.